The maximum Gasteiger partial charge on any atom is 0.235 e. The van der Waals surface area contributed by atoms with Crippen LogP contribution in [-0.4, -0.2) is 35.9 Å². The van der Waals surface area contributed by atoms with Crippen molar-refractivity contribution in [2.75, 3.05) is 13.1 Å². The second kappa shape index (κ2) is 12.0. The molecule has 1 fully saturated rings. The second-order valence-electron chi connectivity index (χ2n) is 6.88. The molecular weight excluding hydrogens is 334 g/mol. The Hall–Kier alpha value is -2.40. The number of piperidine rings is 1. The van der Waals surface area contributed by atoms with Crippen molar-refractivity contribution < 1.29 is 14.0 Å². The van der Waals surface area contributed by atoms with E-state index in [1.54, 1.807) is 0 Å². The zero-order chi connectivity index (χ0) is 19.4. The summed E-state index contributed by atoms with van der Waals surface area (Å²) in [5, 5.41) is 17.4. The fourth-order valence-corrected chi connectivity index (χ4v) is 2.36. The SMILES string of the molecule is CC(C)C.N#CC(CC1CCCNC1=O)NC(=O)CNCc1ncco1. The molecule has 1 aliphatic rings. The number of nitriles is 1. The molecular formula is C18H29N5O3. The summed E-state index contributed by atoms with van der Waals surface area (Å²) in [4.78, 5) is 27.4. The molecule has 2 atom stereocenters. The molecule has 0 bridgehead atoms. The maximum atomic E-state index is 11.8. The minimum absolute atomic E-state index is 0.0391. The predicted octanol–water partition coefficient (Wildman–Crippen LogP) is 1.35. The quantitative estimate of drug-likeness (QED) is 0.672. The predicted molar refractivity (Wildman–Crippen MR) is 96.6 cm³/mol. The molecule has 26 heavy (non-hydrogen) atoms. The monoisotopic (exact) mass is 363 g/mol. The van der Waals surface area contributed by atoms with Crippen LogP contribution in [0, 0.1) is 23.2 Å². The van der Waals surface area contributed by atoms with Crippen molar-refractivity contribution in [3.63, 3.8) is 0 Å². The van der Waals surface area contributed by atoms with Gasteiger partial charge in [-0.3, -0.25) is 14.9 Å². The van der Waals surface area contributed by atoms with Crippen molar-refractivity contribution in [2.45, 2.75) is 52.6 Å². The van der Waals surface area contributed by atoms with Gasteiger partial charge < -0.3 is 15.1 Å². The van der Waals surface area contributed by atoms with Gasteiger partial charge in [0.1, 0.15) is 12.3 Å². The third-order valence-electron chi connectivity index (χ3n) is 3.46. The topological polar surface area (TPSA) is 120 Å². The van der Waals surface area contributed by atoms with E-state index in [1.165, 1.54) is 12.5 Å². The van der Waals surface area contributed by atoms with Crippen molar-refractivity contribution in [1.29, 1.82) is 5.26 Å². The van der Waals surface area contributed by atoms with Crippen LogP contribution in [0.25, 0.3) is 0 Å². The van der Waals surface area contributed by atoms with Crippen molar-refractivity contribution in [1.82, 2.24) is 20.9 Å². The molecule has 144 valence electrons. The molecule has 0 spiro atoms. The summed E-state index contributed by atoms with van der Waals surface area (Å²) < 4.78 is 5.03. The minimum Gasteiger partial charge on any atom is -0.448 e. The van der Waals surface area contributed by atoms with Crippen LogP contribution in [0.5, 0.6) is 0 Å². The number of carbonyl (C=O) groups is 2. The molecule has 1 saturated heterocycles. The average molecular weight is 363 g/mol. The summed E-state index contributed by atoms with van der Waals surface area (Å²) in [7, 11) is 0. The molecule has 0 saturated carbocycles. The molecule has 1 aromatic heterocycles. The smallest absolute Gasteiger partial charge is 0.235 e. The molecule has 8 heteroatoms. The minimum atomic E-state index is -0.662. The first-order chi connectivity index (χ1) is 12.4. The molecule has 1 aliphatic heterocycles. The number of hydrogen-bond donors (Lipinski definition) is 3. The molecule has 0 aromatic carbocycles. The van der Waals surface area contributed by atoms with E-state index in [-0.39, 0.29) is 24.3 Å². The molecule has 2 heterocycles. The van der Waals surface area contributed by atoms with Crippen LogP contribution in [0.15, 0.2) is 16.9 Å². The lowest BCUT2D eigenvalue weighted by Gasteiger charge is -2.23. The summed E-state index contributed by atoms with van der Waals surface area (Å²) in [5.74, 6) is 0.777. The summed E-state index contributed by atoms with van der Waals surface area (Å²) in [6, 6.07) is 1.37. The lowest BCUT2D eigenvalue weighted by molar-refractivity contribution is -0.127. The van der Waals surface area contributed by atoms with Gasteiger partial charge in [0.2, 0.25) is 17.7 Å². The van der Waals surface area contributed by atoms with E-state index >= 15 is 0 Å². The van der Waals surface area contributed by atoms with Crippen LogP contribution < -0.4 is 16.0 Å². The standard InChI is InChI=1S/C14H19N5O3.C4H10/c15-7-11(6-10-2-1-3-18-14(10)21)19-12(20)8-16-9-13-17-4-5-22-13;1-4(2)3/h4-5,10-11,16H,1-3,6,8-9H2,(H,18,21)(H,19,20);4H,1-3H3. The molecule has 3 N–H and O–H groups in total. The Balaban J connectivity index is 0.000000765. The lowest BCUT2D eigenvalue weighted by Crippen LogP contribution is -2.44. The van der Waals surface area contributed by atoms with Crippen molar-refractivity contribution in [3.05, 3.63) is 18.4 Å². The van der Waals surface area contributed by atoms with Crippen LogP contribution in [0.1, 0.15) is 45.9 Å². The van der Waals surface area contributed by atoms with Gasteiger partial charge in [-0.2, -0.15) is 5.26 Å². The Bertz CT molecular complexity index is 577. The van der Waals surface area contributed by atoms with Gasteiger partial charge in [0.25, 0.3) is 0 Å². The molecule has 8 nitrogen and oxygen atoms in total. The number of oxazole rings is 1. The van der Waals surface area contributed by atoms with E-state index in [4.69, 9.17) is 9.68 Å². The number of rotatable bonds is 7. The first kappa shape index (κ1) is 21.6. The molecule has 1 aromatic rings. The molecule has 0 aliphatic carbocycles. The lowest BCUT2D eigenvalue weighted by atomic mass is 9.92. The first-order valence-electron chi connectivity index (χ1n) is 8.98. The molecule has 2 unspecified atom stereocenters. The van der Waals surface area contributed by atoms with E-state index in [1.807, 2.05) is 6.07 Å². The number of nitrogens with zero attached hydrogens (tertiary/aromatic N) is 2. The zero-order valence-corrected chi connectivity index (χ0v) is 15.7. The normalized spacial score (nSPS) is 17.5. The third kappa shape index (κ3) is 9.18. The van der Waals surface area contributed by atoms with E-state index in [0.717, 1.165) is 18.8 Å². The Labute approximate surface area is 154 Å². The second-order valence-corrected chi connectivity index (χ2v) is 6.88. The van der Waals surface area contributed by atoms with E-state index in [2.05, 4.69) is 41.7 Å². The fraction of sp³-hybridized carbons (Fsp3) is 0.667. The summed E-state index contributed by atoms with van der Waals surface area (Å²) >= 11 is 0. The Morgan fingerprint density at radius 1 is 1.50 bits per heavy atom. The highest BCUT2D eigenvalue weighted by Crippen LogP contribution is 2.17. The molecule has 0 radical (unpaired) electrons. The number of aromatic nitrogens is 1. The number of carbonyl (C=O) groups excluding carboxylic acids is 2. The highest BCUT2D eigenvalue weighted by molar-refractivity contribution is 5.80. The van der Waals surface area contributed by atoms with Gasteiger partial charge in [0.15, 0.2) is 0 Å². The van der Waals surface area contributed by atoms with Crippen LogP contribution in [-0.2, 0) is 16.1 Å². The fourth-order valence-electron chi connectivity index (χ4n) is 2.36. The average Bonchev–Trinajstić information content (AvgIpc) is 3.09. The molecule has 2 rings (SSSR count). The maximum absolute atomic E-state index is 11.8. The Kier molecular flexibility index (Phi) is 10.0. The van der Waals surface area contributed by atoms with Gasteiger partial charge in [-0.25, -0.2) is 4.98 Å². The summed E-state index contributed by atoms with van der Waals surface area (Å²) in [5.41, 5.74) is 0. The van der Waals surface area contributed by atoms with Crippen LogP contribution in [0.3, 0.4) is 0 Å². The largest absolute Gasteiger partial charge is 0.448 e. The van der Waals surface area contributed by atoms with Crippen molar-refractivity contribution in [3.8, 4) is 6.07 Å². The van der Waals surface area contributed by atoms with Crippen molar-refractivity contribution >= 4 is 11.8 Å². The van der Waals surface area contributed by atoms with Gasteiger partial charge in [-0.05, 0) is 25.2 Å². The Morgan fingerprint density at radius 3 is 2.81 bits per heavy atom. The third-order valence-corrected chi connectivity index (χ3v) is 3.46. The highest BCUT2D eigenvalue weighted by Gasteiger charge is 2.26. The number of hydrogen-bond acceptors (Lipinski definition) is 6. The van der Waals surface area contributed by atoms with Crippen LogP contribution >= 0.6 is 0 Å². The molecule has 2 amide bonds. The van der Waals surface area contributed by atoms with E-state index in [9.17, 15) is 9.59 Å². The van der Waals surface area contributed by atoms with Crippen molar-refractivity contribution in [2.24, 2.45) is 11.8 Å². The summed E-state index contributed by atoms with van der Waals surface area (Å²) in [6.07, 6.45) is 4.98. The summed E-state index contributed by atoms with van der Waals surface area (Å²) in [6.45, 7) is 7.57. The van der Waals surface area contributed by atoms with Gasteiger partial charge in [-0.1, -0.05) is 20.8 Å². The number of nitrogens with one attached hydrogen (secondary N) is 3. The van der Waals surface area contributed by atoms with Gasteiger partial charge in [0, 0.05) is 12.5 Å². The van der Waals surface area contributed by atoms with Crippen LogP contribution in [0.2, 0.25) is 0 Å². The van der Waals surface area contributed by atoms with Crippen LogP contribution in [0.4, 0.5) is 0 Å². The Morgan fingerprint density at radius 2 is 2.23 bits per heavy atom. The van der Waals surface area contributed by atoms with Gasteiger partial charge in [-0.15, -0.1) is 0 Å². The number of amides is 2. The first-order valence-corrected chi connectivity index (χ1v) is 8.98. The van der Waals surface area contributed by atoms with Gasteiger partial charge >= 0.3 is 0 Å². The van der Waals surface area contributed by atoms with E-state index < -0.39 is 6.04 Å². The van der Waals surface area contributed by atoms with E-state index in [0.29, 0.717) is 25.4 Å². The zero-order valence-electron chi connectivity index (χ0n) is 15.7. The van der Waals surface area contributed by atoms with Gasteiger partial charge in [0.05, 0.1) is 25.4 Å². The highest BCUT2D eigenvalue weighted by atomic mass is 16.3.